The molecule has 6 N–H and O–H groups in total. The molecule has 113 valence electrons. The Morgan fingerprint density at radius 2 is 1.85 bits per heavy atom. The molecule has 0 spiro atoms. The molecule has 1 saturated heterocycles. The largest absolute Gasteiger partial charge is 0.469 e. The van der Waals surface area contributed by atoms with Crippen LogP contribution in [-0.4, -0.2) is 97.8 Å². The van der Waals surface area contributed by atoms with E-state index < -0.39 is 51.0 Å². The minimum absolute atomic E-state index is 0. The van der Waals surface area contributed by atoms with Gasteiger partial charge in [-0.15, -0.1) is 0 Å². The first-order chi connectivity index (χ1) is 8.61. The maximum absolute atomic E-state index is 10.9. The Morgan fingerprint density at radius 3 is 2.30 bits per heavy atom. The molecular formula is C8H16NNaO9P. The first-order valence-corrected chi connectivity index (χ1v) is 6.81. The molecule has 1 aliphatic heterocycles. The predicted octanol–water partition coefficient (Wildman–Crippen LogP) is -3.34. The van der Waals surface area contributed by atoms with Crippen LogP contribution in [-0.2, 0) is 18.6 Å². The zero-order chi connectivity index (χ0) is 14.8. The van der Waals surface area contributed by atoms with Gasteiger partial charge in [0.05, 0.1) is 6.61 Å². The Bertz CT molecular complexity index is 377. The number of aliphatic hydroxyl groups is 3. The SMILES string of the molecule is CC(=O)N[C@H]1C(O)O[C@H](COP(=O)(O)O)[C@@H](O)[C@@H]1O.[Na]. The number of ether oxygens (including phenoxy) is 1. The molecule has 5 atom stereocenters. The number of hydrogen-bond donors (Lipinski definition) is 6. The third-order valence-electron chi connectivity index (χ3n) is 2.50. The third kappa shape index (κ3) is 6.04. The number of phosphoric ester groups is 1. The zero-order valence-corrected chi connectivity index (χ0v) is 13.8. The number of carbonyl (C=O) groups excluding carboxylic acids is 1. The first-order valence-electron chi connectivity index (χ1n) is 5.28. The van der Waals surface area contributed by atoms with Gasteiger partial charge in [-0.3, -0.25) is 9.32 Å². The zero-order valence-electron chi connectivity index (χ0n) is 10.9. The van der Waals surface area contributed by atoms with Gasteiger partial charge < -0.3 is 35.2 Å². The summed E-state index contributed by atoms with van der Waals surface area (Å²) in [6.45, 7) is 0.418. The van der Waals surface area contributed by atoms with Gasteiger partial charge in [-0.1, -0.05) is 0 Å². The van der Waals surface area contributed by atoms with Gasteiger partial charge in [0.2, 0.25) is 5.91 Å². The number of phosphoric acid groups is 1. The van der Waals surface area contributed by atoms with Gasteiger partial charge in [-0.2, -0.15) is 0 Å². The second-order valence-electron chi connectivity index (χ2n) is 4.06. The van der Waals surface area contributed by atoms with Crippen molar-refractivity contribution in [2.75, 3.05) is 6.61 Å². The number of hydrogen-bond acceptors (Lipinski definition) is 7. The van der Waals surface area contributed by atoms with Gasteiger partial charge >= 0.3 is 7.82 Å². The maximum atomic E-state index is 10.9. The molecule has 10 nitrogen and oxygen atoms in total. The van der Waals surface area contributed by atoms with E-state index in [9.17, 15) is 24.7 Å². The average molecular weight is 324 g/mol. The maximum Gasteiger partial charge on any atom is 0.469 e. The monoisotopic (exact) mass is 324 g/mol. The Kier molecular flexibility index (Phi) is 8.33. The van der Waals surface area contributed by atoms with Crippen LogP contribution in [0.1, 0.15) is 6.92 Å². The van der Waals surface area contributed by atoms with E-state index in [1.165, 1.54) is 0 Å². The molecule has 1 amide bonds. The molecule has 0 aromatic carbocycles. The van der Waals surface area contributed by atoms with Crippen molar-refractivity contribution >= 4 is 43.3 Å². The summed E-state index contributed by atoms with van der Waals surface area (Å²) in [5, 5.41) is 31.1. The summed E-state index contributed by atoms with van der Waals surface area (Å²) in [6.07, 6.45) is -6.15. The van der Waals surface area contributed by atoms with Crippen LogP contribution in [0.3, 0.4) is 0 Å². The van der Waals surface area contributed by atoms with E-state index in [1.807, 2.05) is 0 Å². The number of rotatable bonds is 4. The molecule has 0 saturated carbocycles. The van der Waals surface area contributed by atoms with Crippen molar-refractivity contribution in [3.63, 3.8) is 0 Å². The summed E-state index contributed by atoms with van der Waals surface area (Å²) in [6, 6.07) is -1.25. The van der Waals surface area contributed by atoms with Crippen molar-refractivity contribution in [3.05, 3.63) is 0 Å². The van der Waals surface area contributed by atoms with Gasteiger partial charge in [0.25, 0.3) is 0 Å². The van der Waals surface area contributed by atoms with Crippen molar-refractivity contribution in [2.45, 2.75) is 37.6 Å². The normalized spacial score (nSPS) is 34.2. The van der Waals surface area contributed by atoms with Crippen molar-refractivity contribution in [1.82, 2.24) is 5.32 Å². The Hall–Kier alpha value is 0.420. The van der Waals surface area contributed by atoms with E-state index in [4.69, 9.17) is 14.5 Å². The van der Waals surface area contributed by atoms with Crippen LogP contribution in [0, 0.1) is 0 Å². The number of amides is 1. The summed E-state index contributed by atoms with van der Waals surface area (Å²) >= 11 is 0. The Labute approximate surface area is 136 Å². The van der Waals surface area contributed by atoms with E-state index in [1.54, 1.807) is 0 Å². The molecular weight excluding hydrogens is 308 g/mol. The molecule has 1 fully saturated rings. The van der Waals surface area contributed by atoms with E-state index >= 15 is 0 Å². The molecule has 1 unspecified atom stereocenters. The minimum atomic E-state index is -4.76. The van der Waals surface area contributed by atoms with E-state index in [0.29, 0.717) is 0 Å². The fourth-order valence-electron chi connectivity index (χ4n) is 1.65. The second kappa shape index (κ2) is 8.16. The van der Waals surface area contributed by atoms with Gasteiger partial charge in [0, 0.05) is 36.5 Å². The van der Waals surface area contributed by atoms with Crippen LogP contribution in [0.5, 0.6) is 0 Å². The van der Waals surface area contributed by atoms with Crippen LogP contribution < -0.4 is 5.32 Å². The molecule has 0 aromatic rings. The summed E-state index contributed by atoms with van der Waals surface area (Å²) in [4.78, 5) is 27.9. The van der Waals surface area contributed by atoms with Crippen LogP contribution in [0.25, 0.3) is 0 Å². The van der Waals surface area contributed by atoms with E-state index in [-0.39, 0.29) is 29.6 Å². The first kappa shape index (κ1) is 20.4. The standard InChI is InChI=1S/C8H16NO9P.Na/c1-3(10)9-5-7(12)6(11)4(18-8(5)13)2-17-19(14,15)16;/h4-8,11-13H,2H2,1H3,(H,9,10)(H2,14,15,16);/t4-,5-,6-,7-,8?;/m1./s1. The fraction of sp³-hybridized carbons (Fsp3) is 0.875. The molecule has 1 radical (unpaired) electrons. The van der Waals surface area contributed by atoms with Crippen molar-refractivity contribution in [2.24, 2.45) is 0 Å². The molecule has 0 bridgehead atoms. The molecule has 1 rings (SSSR count). The fourth-order valence-corrected chi connectivity index (χ4v) is 1.99. The van der Waals surface area contributed by atoms with Crippen LogP contribution in [0.2, 0.25) is 0 Å². The molecule has 0 aromatic heterocycles. The Morgan fingerprint density at radius 1 is 1.30 bits per heavy atom. The molecule has 1 heterocycles. The molecule has 20 heavy (non-hydrogen) atoms. The quantitative estimate of drug-likeness (QED) is 0.229. The summed E-state index contributed by atoms with van der Waals surface area (Å²) in [5.74, 6) is -0.552. The summed E-state index contributed by atoms with van der Waals surface area (Å²) < 4.78 is 19.5. The molecule has 1 aliphatic rings. The topological polar surface area (TPSA) is 166 Å². The van der Waals surface area contributed by atoms with Crippen molar-refractivity contribution in [1.29, 1.82) is 0 Å². The number of carbonyl (C=O) groups is 1. The predicted molar refractivity (Wildman–Crippen MR) is 64.2 cm³/mol. The van der Waals surface area contributed by atoms with Crippen molar-refractivity contribution < 1.29 is 43.7 Å². The number of nitrogens with one attached hydrogen (secondary N) is 1. The third-order valence-corrected chi connectivity index (χ3v) is 2.98. The van der Waals surface area contributed by atoms with E-state index in [0.717, 1.165) is 6.92 Å². The van der Waals surface area contributed by atoms with Gasteiger partial charge in [-0.25, -0.2) is 4.57 Å². The molecule has 0 aliphatic carbocycles. The average Bonchev–Trinajstić information content (AvgIpc) is 2.26. The minimum Gasteiger partial charge on any atom is -0.388 e. The van der Waals surface area contributed by atoms with E-state index in [2.05, 4.69) is 9.84 Å². The van der Waals surface area contributed by atoms with Gasteiger partial charge in [0.1, 0.15) is 24.4 Å². The van der Waals surface area contributed by atoms with Crippen LogP contribution in [0.15, 0.2) is 0 Å². The second-order valence-corrected chi connectivity index (χ2v) is 5.30. The van der Waals surface area contributed by atoms with Crippen molar-refractivity contribution in [3.8, 4) is 0 Å². The van der Waals surface area contributed by atoms with Gasteiger partial charge in [-0.05, 0) is 0 Å². The van der Waals surface area contributed by atoms with Gasteiger partial charge in [0.15, 0.2) is 6.29 Å². The molecule has 12 heteroatoms. The number of aliphatic hydroxyl groups excluding tert-OH is 3. The smallest absolute Gasteiger partial charge is 0.388 e. The van der Waals surface area contributed by atoms with Crippen LogP contribution in [0.4, 0.5) is 0 Å². The summed E-state index contributed by atoms with van der Waals surface area (Å²) in [5.41, 5.74) is 0. The summed E-state index contributed by atoms with van der Waals surface area (Å²) in [7, 11) is -4.76. The Balaban J connectivity index is 0.00000361. The van der Waals surface area contributed by atoms with Crippen LogP contribution >= 0.6 is 7.82 Å².